The van der Waals surface area contributed by atoms with Crippen LogP contribution in [0.1, 0.15) is 24.0 Å². The number of benzene rings is 1. The Morgan fingerprint density at radius 3 is 2.71 bits per heavy atom. The Morgan fingerprint density at radius 2 is 2.00 bits per heavy atom. The van der Waals surface area contributed by atoms with Crippen molar-refractivity contribution in [2.45, 2.75) is 26.3 Å². The molecule has 24 heavy (non-hydrogen) atoms. The second-order valence-corrected chi connectivity index (χ2v) is 7.55. The number of carbonyl (C=O) groups is 2. The molecule has 1 spiro atoms. The molecule has 0 N–H and O–H groups in total. The van der Waals surface area contributed by atoms with Crippen LogP contribution in [0.4, 0.5) is 0 Å². The maximum Gasteiger partial charge on any atom is 0.236 e. The van der Waals surface area contributed by atoms with Gasteiger partial charge in [0.1, 0.15) is 0 Å². The van der Waals surface area contributed by atoms with Gasteiger partial charge in [-0.2, -0.15) is 0 Å². The molecule has 1 atom stereocenters. The molecule has 5 nitrogen and oxygen atoms in total. The number of carbonyl (C=O) groups excluding carboxylic acids is 2. The van der Waals surface area contributed by atoms with Gasteiger partial charge in [0.2, 0.25) is 11.8 Å². The van der Waals surface area contributed by atoms with E-state index in [0.717, 1.165) is 19.4 Å². The summed E-state index contributed by atoms with van der Waals surface area (Å²) in [6.07, 6.45) is 1.67. The van der Waals surface area contributed by atoms with E-state index in [4.69, 9.17) is 0 Å². The smallest absolute Gasteiger partial charge is 0.236 e. The van der Waals surface area contributed by atoms with E-state index < -0.39 is 0 Å². The van der Waals surface area contributed by atoms with Crippen LogP contribution < -0.4 is 0 Å². The van der Waals surface area contributed by atoms with Gasteiger partial charge in [0, 0.05) is 26.2 Å². The van der Waals surface area contributed by atoms with E-state index >= 15 is 0 Å². The quantitative estimate of drug-likeness (QED) is 0.841. The van der Waals surface area contributed by atoms with Gasteiger partial charge in [0.15, 0.2) is 0 Å². The summed E-state index contributed by atoms with van der Waals surface area (Å²) in [5, 5.41) is 0. The van der Waals surface area contributed by atoms with Crippen LogP contribution in [0.15, 0.2) is 24.3 Å². The van der Waals surface area contributed by atoms with Gasteiger partial charge in [0.25, 0.3) is 0 Å². The highest BCUT2D eigenvalue weighted by Crippen LogP contribution is 2.41. The number of hydrogen-bond donors (Lipinski definition) is 0. The molecule has 0 bridgehead atoms. The number of nitrogens with zero attached hydrogens (tertiary/aromatic N) is 3. The Kier molecular flexibility index (Phi) is 4.63. The monoisotopic (exact) mass is 329 g/mol. The zero-order chi connectivity index (χ0) is 17.3. The number of amides is 2. The molecule has 1 aromatic carbocycles. The number of aryl methyl sites for hydroxylation is 1. The third-order valence-corrected chi connectivity index (χ3v) is 5.22. The largest absolute Gasteiger partial charge is 0.340 e. The van der Waals surface area contributed by atoms with E-state index in [1.165, 1.54) is 11.1 Å². The normalized spacial score (nSPS) is 23.8. The molecule has 2 aliphatic rings. The lowest BCUT2D eigenvalue weighted by molar-refractivity contribution is -0.137. The highest BCUT2D eigenvalue weighted by molar-refractivity contribution is 5.87. The Labute approximate surface area is 144 Å². The Hall–Kier alpha value is -1.88. The van der Waals surface area contributed by atoms with E-state index in [-0.39, 0.29) is 17.2 Å². The van der Waals surface area contributed by atoms with Crippen molar-refractivity contribution in [1.29, 1.82) is 0 Å². The van der Waals surface area contributed by atoms with Gasteiger partial charge in [-0.3, -0.25) is 9.59 Å². The summed E-state index contributed by atoms with van der Waals surface area (Å²) in [4.78, 5) is 31.0. The fourth-order valence-electron chi connectivity index (χ4n) is 3.91. The van der Waals surface area contributed by atoms with Crippen LogP contribution in [0.3, 0.4) is 0 Å². The standard InChI is InChI=1S/C19H27N3O2/c1-15-5-4-6-16(11-15)12-21-9-7-19(18(21)24)8-10-22(14-19)17(23)13-20(2)3/h4-6,11H,7-10,12-14H2,1-3H3. The number of rotatable bonds is 4. The number of hydrogen-bond acceptors (Lipinski definition) is 3. The third kappa shape index (κ3) is 3.31. The average molecular weight is 329 g/mol. The first-order valence-corrected chi connectivity index (χ1v) is 8.67. The van der Waals surface area contributed by atoms with E-state index in [1.54, 1.807) is 0 Å². The average Bonchev–Trinajstić information content (AvgIpc) is 3.07. The summed E-state index contributed by atoms with van der Waals surface area (Å²) in [5.74, 6) is 0.353. The molecule has 5 heteroatoms. The highest BCUT2D eigenvalue weighted by atomic mass is 16.2. The molecule has 1 aromatic rings. The summed E-state index contributed by atoms with van der Waals surface area (Å²) < 4.78 is 0. The molecular formula is C19H27N3O2. The van der Waals surface area contributed by atoms with Gasteiger partial charge >= 0.3 is 0 Å². The predicted molar refractivity (Wildman–Crippen MR) is 93.4 cm³/mol. The maximum atomic E-state index is 13.0. The minimum Gasteiger partial charge on any atom is -0.340 e. The first kappa shape index (κ1) is 17.0. The number of likely N-dealkylation sites (tertiary alicyclic amines) is 2. The SMILES string of the molecule is Cc1cccc(CN2CCC3(CCN(C(=O)CN(C)C)C3)C2=O)c1. The Morgan fingerprint density at radius 1 is 1.25 bits per heavy atom. The lowest BCUT2D eigenvalue weighted by Gasteiger charge is -2.24. The molecule has 2 amide bonds. The molecule has 2 saturated heterocycles. The van der Waals surface area contributed by atoms with Crippen LogP contribution in [0.5, 0.6) is 0 Å². The van der Waals surface area contributed by atoms with Gasteiger partial charge < -0.3 is 14.7 Å². The molecule has 1 unspecified atom stereocenters. The van der Waals surface area contributed by atoms with E-state index in [9.17, 15) is 9.59 Å². The third-order valence-electron chi connectivity index (χ3n) is 5.22. The fourth-order valence-corrected chi connectivity index (χ4v) is 3.91. The summed E-state index contributed by atoms with van der Waals surface area (Å²) in [7, 11) is 3.79. The number of likely N-dealkylation sites (N-methyl/N-ethyl adjacent to an activating group) is 1. The zero-order valence-electron chi connectivity index (χ0n) is 14.9. The van der Waals surface area contributed by atoms with E-state index in [1.807, 2.05) is 34.9 Å². The van der Waals surface area contributed by atoms with Crippen molar-refractivity contribution in [3.05, 3.63) is 35.4 Å². The van der Waals surface area contributed by atoms with Gasteiger partial charge in [-0.25, -0.2) is 0 Å². The van der Waals surface area contributed by atoms with Crippen LogP contribution in [-0.2, 0) is 16.1 Å². The van der Waals surface area contributed by atoms with Crippen LogP contribution in [0.25, 0.3) is 0 Å². The Balaban J connectivity index is 1.65. The van der Waals surface area contributed by atoms with Crippen molar-refractivity contribution >= 4 is 11.8 Å². The van der Waals surface area contributed by atoms with Crippen molar-refractivity contribution < 1.29 is 9.59 Å². The topological polar surface area (TPSA) is 43.9 Å². The molecule has 0 aliphatic carbocycles. The van der Waals surface area contributed by atoms with Crippen molar-refractivity contribution in [3.8, 4) is 0 Å². The molecule has 130 valence electrons. The van der Waals surface area contributed by atoms with Crippen molar-refractivity contribution in [3.63, 3.8) is 0 Å². The molecule has 2 fully saturated rings. The van der Waals surface area contributed by atoms with Crippen molar-refractivity contribution in [2.75, 3.05) is 40.3 Å². The van der Waals surface area contributed by atoms with Crippen LogP contribution in [-0.4, -0.2) is 66.8 Å². The second-order valence-electron chi connectivity index (χ2n) is 7.55. The summed E-state index contributed by atoms with van der Waals surface area (Å²) in [5.41, 5.74) is 2.06. The molecule has 2 heterocycles. The summed E-state index contributed by atoms with van der Waals surface area (Å²) in [6, 6.07) is 8.33. The zero-order valence-corrected chi connectivity index (χ0v) is 14.9. The molecule has 3 rings (SSSR count). The summed E-state index contributed by atoms with van der Waals surface area (Å²) in [6.45, 7) is 5.25. The Bertz CT molecular complexity index is 643. The van der Waals surface area contributed by atoms with Crippen molar-refractivity contribution in [1.82, 2.24) is 14.7 Å². The van der Waals surface area contributed by atoms with Crippen molar-refractivity contribution in [2.24, 2.45) is 5.41 Å². The van der Waals surface area contributed by atoms with Crippen LogP contribution in [0, 0.1) is 12.3 Å². The van der Waals surface area contributed by atoms with Gasteiger partial charge in [-0.1, -0.05) is 29.8 Å². The molecule has 0 aromatic heterocycles. The van der Waals surface area contributed by atoms with Gasteiger partial charge in [-0.05, 0) is 39.4 Å². The van der Waals surface area contributed by atoms with Crippen LogP contribution >= 0.6 is 0 Å². The first-order chi connectivity index (χ1) is 11.4. The van der Waals surface area contributed by atoms with E-state index in [2.05, 4.69) is 25.1 Å². The molecule has 2 aliphatic heterocycles. The van der Waals surface area contributed by atoms with Gasteiger partial charge in [-0.15, -0.1) is 0 Å². The summed E-state index contributed by atoms with van der Waals surface area (Å²) >= 11 is 0. The van der Waals surface area contributed by atoms with E-state index in [0.29, 0.717) is 26.2 Å². The van der Waals surface area contributed by atoms with Gasteiger partial charge in [0.05, 0.1) is 12.0 Å². The van der Waals surface area contributed by atoms with Crippen LogP contribution in [0.2, 0.25) is 0 Å². The maximum absolute atomic E-state index is 13.0. The first-order valence-electron chi connectivity index (χ1n) is 8.67. The highest BCUT2D eigenvalue weighted by Gasteiger charge is 2.51. The molecule has 0 radical (unpaired) electrons. The predicted octanol–water partition coefficient (Wildman–Crippen LogP) is 1.51. The molecule has 0 saturated carbocycles. The second kappa shape index (κ2) is 6.55. The minimum absolute atomic E-state index is 0.127. The molecular weight excluding hydrogens is 302 g/mol. The minimum atomic E-state index is -0.341. The lowest BCUT2D eigenvalue weighted by Crippen LogP contribution is -2.40. The lowest BCUT2D eigenvalue weighted by atomic mass is 9.85. The fraction of sp³-hybridized carbons (Fsp3) is 0.579.